The Morgan fingerprint density at radius 1 is 1.28 bits per heavy atom. The normalized spacial score (nSPS) is 15.2. The topological polar surface area (TPSA) is 63.6 Å². The van der Waals surface area contributed by atoms with Crippen LogP contribution in [0.25, 0.3) is 0 Å². The molecule has 1 aromatic carbocycles. The lowest BCUT2D eigenvalue weighted by Gasteiger charge is -2.21. The van der Waals surface area contributed by atoms with Gasteiger partial charge in [-0.15, -0.1) is 0 Å². The van der Waals surface area contributed by atoms with Gasteiger partial charge in [-0.05, 0) is 31.9 Å². The van der Waals surface area contributed by atoms with Crippen molar-refractivity contribution in [2.75, 3.05) is 13.4 Å². The van der Waals surface area contributed by atoms with Crippen molar-refractivity contribution < 1.29 is 18.3 Å². The summed E-state index contributed by atoms with van der Waals surface area (Å²) in [4.78, 5) is 0. The predicted octanol–water partition coefficient (Wildman–Crippen LogP) is 1.78. The van der Waals surface area contributed by atoms with E-state index >= 15 is 0 Å². The Morgan fingerprint density at radius 3 is 2.28 bits per heavy atom. The summed E-state index contributed by atoms with van der Waals surface area (Å²) in [5.74, 6) is 0.554. The minimum atomic E-state index is -3.30. The molecule has 102 valence electrons. The Hall–Kier alpha value is -1.07. The molecule has 0 saturated heterocycles. The molecular weight excluding hydrogens is 252 g/mol. The van der Waals surface area contributed by atoms with E-state index in [1.165, 1.54) is 14.0 Å². The zero-order chi connectivity index (χ0) is 14.1. The molecule has 0 fully saturated rings. The average molecular weight is 272 g/mol. The van der Waals surface area contributed by atoms with Crippen molar-refractivity contribution >= 4 is 9.84 Å². The van der Waals surface area contributed by atoms with Crippen molar-refractivity contribution in [3.8, 4) is 5.75 Å². The largest absolute Gasteiger partial charge is 0.496 e. The van der Waals surface area contributed by atoms with Gasteiger partial charge in [0.2, 0.25) is 0 Å². The first-order valence-corrected chi connectivity index (χ1v) is 7.66. The van der Waals surface area contributed by atoms with Gasteiger partial charge in [0.1, 0.15) is 5.75 Å². The van der Waals surface area contributed by atoms with E-state index in [9.17, 15) is 13.5 Å². The zero-order valence-electron chi connectivity index (χ0n) is 11.4. The van der Waals surface area contributed by atoms with Crippen LogP contribution in [0, 0.1) is 13.8 Å². The van der Waals surface area contributed by atoms with E-state index in [1.807, 2.05) is 19.9 Å². The molecule has 1 aromatic rings. The quantitative estimate of drug-likeness (QED) is 0.907. The molecule has 0 spiro atoms. The van der Waals surface area contributed by atoms with Gasteiger partial charge < -0.3 is 9.84 Å². The molecule has 2 unspecified atom stereocenters. The minimum Gasteiger partial charge on any atom is -0.496 e. The van der Waals surface area contributed by atoms with Crippen LogP contribution in [0.3, 0.4) is 0 Å². The lowest BCUT2D eigenvalue weighted by Crippen LogP contribution is -2.24. The van der Waals surface area contributed by atoms with Gasteiger partial charge in [0.05, 0.1) is 18.5 Å². The molecule has 1 rings (SSSR count). The second kappa shape index (κ2) is 5.28. The summed E-state index contributed by atoms with van der Waals surface area (Å²) in [6, 6.07) is 3.57. The fraction of sp³-hybridized carbons (Fsp3) is 0.538. The summed E-state index contributed by atoms with van der Waals surface area (Å²) in [6.45, 7) is 5.32. The highest BCUT2D eigenvalue weighted by molar-refractivity contribution is 7.91. The summed E-state index contributed by atoms with van der Waals surface area (Å²) in [5.41, 5.74) is 2.46. The maximum Gasteiger partial charge on any atom is 0.152 e. The monoisotopic (exact) mass is 272 g/mol. The second-order valence-electron chi connectivity index (χ2n) is 4.61. The number of rotatable bonds is 4. The van der Waals surface area contributed by atoms with Crippen molar-refractivity contribution in [2.45, 2.75) is 32.1 Å². The van der Waals surface area contributed by atoms with Crippen molar-refractivity contribution in [3.63, 3.8) is 0 Å². The Labute approximate surface area is 109 Å². The van der Waals surface area contributed by atoms with E-state index in [2.05, 4.69) is 0 Å². The molecule has 0 amide bonds. The van der Waals surface area contributed by atoms with E-state index in [0.29, 0.717) is 11.3 Å². The molecule has 2 atom stereocenters. The highest BCUT2D eigenvalue weighted by atomic mass is 32.2. The van der Waals surface area contributed by atoms with Crippen LogP contribution in [0.2, 0.25) is 0 Å². The molecule has 0 bridgehead atoms. The van der Waals surface area contributed by atoms with E-state index < -0.39 is 21.2 Å². The molecule has 5 heteroatoms. The number of sulfone groups is 1. The first kappa shape index (κ1) is 15.0. The van der Waals surface area contributed by atoms with Gasteiger partial charge in [0.25, 0.3) is 0 Å². The standard InChI is InChI=1S/C13H20O4S/c1-8-6-7-11(13(17-4)9(8)2)12(14)10(3)18(5,15)16/h6-7,10,12,14H,1-5H3. The number of ether oxygens (including phenoxy) is 1. The van der Waals surface area contributed by atoms with Gasteiger partial charge >= 0.3 is 0 Å². The van der Waals surface area contributed by atoms with E-state index in [4.69, 9.17) is 4.74 Å². The first-order chi connectivity index (χ1) is 8.20. The fourth-order valence-electron chi connectivity index (χ4n) is 1.80. The number of hydrogen-bond donors (Lipinski definition) is 1. The Kier molecular flexibility index (Phi) is 4.40. The minimum absolute atomic E-state index is 0.513. The summed E-state index contributed by atoms with van der Waals surface area (Å²) >= 11 is 0. The van der Waals surface area contributed by atoms with Crippen LogP contribution in [0.1, 0.15) is 29.7 Å². The highest BCUT2D eigenvalue weighted by Gasteiger charge is 2.28. The smallest absolute Gasteiger partial charge is 0.152 e. The fourth-order valence-corrected chi connectivity index (χ4v) is 2.42. The SMILES string of the molecule is COc1c(C(O)C(C)S(C)(=O)=O)ccc(C)c1C. The number of methoxy groups -OCH3 is 1. The van der Waals surface area contributed by atoms with Gasteiger partial charge in [-0.1, -0.05) is 12.1 Å². The molecule has 0 aromatic heterocycles. The van der Waals surface area contributed by atoms with E-state index in [1.54, 1.807) is 6.07 Å². The molecule has 18 heavy (non-hydrogen) atoms. The van der Waals surface area contributed by atoms with Crippen LogP contribution < -0.4 is 4.74 Å². The maximum absolute atomic E-state index is 11.5. The van der Waals surface area contributed by atoms with E-state index in [0.717, 1.165) is 17.4 Å². The summed E-state index contributed by atoms with van der Waals surface area (Å²) < 4.78 is 28.3. The molecular formula is C13H20O4S. The van der Waals surface area contributed by atoms with Crippen LogP contribution in [0.4, 0.5) is 0 Å². The van der Waals surface area contributed by atoms with E-state index in [-0.39, 0.29) is 0 Å². The maximum atomic E-state index is 11.5. The summed E-state index contributed by atoms with van der Waals surface area (Å²) in [5, 5.41) is 9.33. The third-order valence-electron chi connectivity index (χ3n) is 3.35. The van der Waals surface area contributed by atoms with Crippen LogP contribution in [0.5, 0.6) is 5.75 Å². The van der Waals surface area contributed by atoms with Crippen LogP contribution in [0.15, 0.2) is 12.1 Å². The average Bonchev–Trinajstić information content (AvgIpc) is 2.29. The highest BCUT2D eigenvalue weighted by Crippen LogP contribution is 2.33. The summed E-state index contributed by atoms with van der Waals surface area (Å²) in [7, 11) is -1.79. The van der Waals surface area contributed by atoms with Crippen LogP contribution in [-0.4, -0.2) is 32.1 Å². The number of aryl methyl sites for hydroxylation is 1. The van der Waals surface area contributed by atoms with Crippen molar-refractivity contribution in [3.05, 3.63) is 28.8 Å². The molecule has 0 radical (unpaired) electrons. The predicted molar refractivity (Wildman–Crippen MR) is 71.7 cm³/mol. The van der Waals surface area contributed by atoms with Gasteiger partial charge in [0, 0.05) is 11.8 Å². The molecule has 1 N–H and O–H groups in total. The third-order valence-corrected chi connectivity index (χ3v) is 4.96. The van der Waals surface area contributed by atoms with Gasteiger partial charge in [0.15, 0.2) is 9.84 Å². The molecule has 0 aliphatic heterocycles. The summed E-state index contributed by atoms with van der Waals surface area (Å²) in [6.07, 6.45) is 0.0308. The molecule has 0 saturated carbocycles. The van der Waals surface area contributed by atoms with Crippen molar-refractivity contribution in [2.24, 2.45) is 0 Å². The van der Waals surface area contributed by atoms with Crippen molar-refractivity contribution in [1.29, 1.82) is 0 Å². The third kappa shape index (κ3) is 2.84. The van der Waals surface area contributed by atoms with Gasteiger partial charge in [-0.2, -0.15) is 0 Å². The molecule has 0 aliphatic rings. The Morgan fingerprint density at radius 2 is 1.83 bits per heavy atom. The molecule has 4 nitrogen and oxygen atoms in total. The van der Waals surface area contributed by atoms with Crippen molar-refractivity contribution in [1.82, 2.24) is 0 Å². The zero-order valence-corrected chi connectivity index (χ0v) is 12.2. The van der Waals surface area contributed by atoms with Crippen LogP contribution in [-0.2, 0) is 9.84 Å². The number of aliphatic hydroxyl groups is 1. The van der Waals surface area contributed by atoms with Gasteiger partial charge in [-0.3, -0.25) is 0 Å². The van der Waals surface area contributed by atoms with Gasteiger partial charge in [-0.25, -0.2) is 8.42 Å². The lowest BCUT2D eigenvalue weighted by atomic mass is 9.99. The van der Waals surface area contributed by atoms with Crippen LogP contribution >= 0.6 is 0 Å². The first-order valence-electron chi connectivity index (χ1n) is 5.71. The second-order valence-corrected chi connectivity index (χ2v) is 7.01. The number of hydrogen-bond acceptors (Lipinski definition) is 4. The Balaban J connectivity index is 3.30. The molecule has 0 aliphatic carbocycles. The lowest BCUT2D eigenvalue weighted by molar-refractivity contribution is 0.171. The Bertz CT molecular complexity index is 534. The number of benzene rings is 1. The molecule has 0 heterocycles. The number of aliphatic hydroxyl groups excluding tert-OH is 1.